The smallest absolute Gasteiger partial charge is 0.274 e. The first-order chi connectivity index (χ1) is 16.0. The summed E-state index contributed by atoms with van der Waals surface area (Å²) in [5.74, 6) is 1.57. The van der Waals surface area contributed by atoms with Crippen LogP contribution >= 0.6 is 11.3 Å². The second-order valence-corrected chi connectivity index (χ2v) is 9.48. The maximum absolute atomic E-state index is 14.4. The van der Waals surface area contributed by atoms with Gasteiger partial charge in [-0.15, -0.1) is 11.3 Å². The van der Waals surface area contributed by atoms with E-state index in [1.54, 1.807) is 38.5 Å². The van der Waals surface area contributed by atoms with Crippen molar-refractivity contribution in [3.63, 3.8) is 0 Å². The van der Waals surface area contributed by atoms with Gasteiger partial charge >= 0.3 is 0 Å². The third-order valence-corrected chi connectivity index (χ3v) is 7.20. The summed E-state index contributed by atoms with van der Waals surface area (Å²) in [6.45, 7) is 4.55. The van der Waals surface area contributed by atoms with Crippen LogP contribution in [0.5, 0.6) is 11.8 Å². The molecule has 8 nitrogen and oxygen atoms in total. The van der Waals surface area contributed by atoms with Crippen LogP contribution in [0.4, 0.5) is 10.3 Å². The Morgan fingerprint density at radius 3 is 2.27 bits per heavy atom. The molecule has 3 aromatic rings. The molecular formula is C23H24FN5O3S. The Morgan fingerprint density at radius 1 is 1.03 bits per heavy atom. The Balaban J connectivity index is 1.33. The Hall–Kier alpha value is -3.27. The molecule has 5 rings (SSSR count). The normalized spacial score (nSPS) is 19.6. The van der Waals surface area contributed by atoms with Crippen LogP contribution in [-0.4, -0.2) is 66.2 Å². The molecule has 2 aromatic heterocycles. The van der Waals surface area contributed by atoms with E-state index >= 15 is 0 Å². The van der Waals surface area contributed by atoms with Crippen LogP contribution in [0, 0.1) is 24.6 Å². The van der Waals surface area contributed by atoms with E-state index < -0.39 is 0 Å². The number of nitrogens with zero attached hydrogens (tertiary/aromatic N) is 5. The summed E-state index contributed by atoms with van der Waals surface area (Å²) in [6, 6.07) is 8.15. The fraction of sp³-hybridized carbons (Fsp3) is 0.391. The minimum absolute atomic E-state index is 0.141. The van der Waals surface area contributed by atoms with Gasteiger partial charge in [-0.2, -0.15) is 9.97 Å². The summed E-state index contributed by atoms with van der Waals surface area (Å²) in [7, 11) is 3.12. The van der Waals surface area contributed by atoms with Gasteiger partial charge in [0.1, 0.15) is 11.5 Å². The summed E-state index contributed by atoms with van der Waals surface area (Å²) in [4.78, 5) is 31.3. The standard InChI is InChI=1S/C23H24FN5O3S/c1-13-25-20(21(33-13)16-6-4-5-7-17(16)24)22(30)28-9-14-11-29(12-15(14)10-28)23-26-18(31-2)8-19(27-23)32-3/h4-8,14-15H,9-12H2,1-3H3/t14-,15-/m0/s1. The quantitative estimate of drug-likeness (QED) is 0.567. The SMILES string of the molecule is COc1cc(OC)nc(N2C[C@@H]3CN(C(=O)c4nc(C)sc4-c4ccccc4F)C[C@H]3C2)n1. The van der Waals surface area contributed by atoms with Gasteiger partial charge in [-0.25, -0.2) is 9.37 Å². The Bertz CT molecular complexity index is 1170. The van der Waals surface area contributed by atoms with Gasteiger partial charge in [-0.3, -0.25) is 4.79 Å². The van der Waals surface area contributed by atoms with Crippen molar-refractivity contribution in [2.45, 2.75) is 6.92 Å². The number of carbonyl (C=O) groups is 1. The number of ether oxygens (including phenoxy) is 2. The van der Waals surface area contributed by atoms with E-state index in [1.807, 2.05) is 11.8 Å². The summed E-state index contributed by atoms with van der Waals surface area (Å²) in [6.07, 6.45) is 0. The Morgan fingerprint density at radius 2 is 1.67 bits per heavy atom. The van der Waals surface area contributed by atoms with Gasteiger partial charge in [-0.05, 0) is 13.0 Å². The Kier molecular flexibility index (Phi) is 5.61. The molecular weight excluding hydrogens is 445 g/mol. The first-order valence-electron chi connectivity index (χ1n) is 10.7. The number of amides is 1. The second kappa shape index (κ2) is 8.58. The van der Waals surface area contributed by atoms with Gasteiger partial charge in [0.2, 0.25) is 17.7 Å². The molecule has 0 N–H and O–H groups in total. The van der Waals surface area contributed by atoms with Crippen LogP contribution in [-0.2, 0) is 0 Å². The first-order valence-corrected chi connectivity index (χ1v) is 11.5. The van der Waals surface area contributed by atoms with Crippen molar-refractivity contribution in [2.75, 3.05) is 45.3 Å². The Labute approximate surface area is 195 Å². The molecule has 0 bridgehead atoms. The zero-order chi connectivity index (χ0) is 23.1. The summed E-state index contributed by atoms with van der Waals surface area (Å²) in [5, 5.41) is 0.742. The number of likely N-dealkylation sites (tertiary alicyclic amines) is 1. The van der Waals surface area contributed by atoms with E-state index in [2.05, 4.69) is 19.9 Å². The molecule has 172 valence electrons. The van der Waals surface area contributed by atoms with Gasteiger partial charge in [-0.1, -0.05) is 18.2 Å². The minimum Gasteiger partial charge on any atom is -0.481 e. The lowest BCUT2D eigenvalue weighted by molar-refractivity contribution is 0.0778. The van der Waals surface area contributed by atoms with Crippen molar-refractivity contribution in [3.8, 4) is 22.2 Å². The molecule has 2 saturated heterocycles. The largest absolute Gasteiger partial charge is 0.481 e. The number of aromatic nitrogens is 3. The highest BCUT2D eigenvalue weighted by Gasteiger charge is 2.43. The van der Waals surface area contributed by atoms with Gasteiger partial charge in [0.25, 0.3) is 5.91 Å². The highest BCUT2D eigenvalue weighted by atomic mass is 32.1. The van der Waals surface area contributed by atoms with E-state index in [4.69, 9.17) is 9.47 Å². The highest BCUT2D eigenvalue weighted by molar-refractivity contribution is 7.15. The maximum Gasteiger partial charge on any atom is 0.274 e. The minimum atomic E-state index is -0.349. The topological polar surface area (TPSA) is 80.7 Å². The highest BCUT2D eigenvalue weighted by Crippen LogP contribution is 2.37. The van der Waals surface area contributed by atoms with E-state index in [1.165, 1.54) is 17.4 Å². The molecule has 0 spiro atoms. The zero-order valence-corrected chi connectivity index (χ0v) is 19.4. The molecule has 2 fully saturated rings. The van der Waals surface area contributed by atoms with Crippen LogP contribution in [0.3, 0.4) is 0 Å². The summed E-state index contributed by atoms with van der Waals surface area (Å²) in [5.41, 5.74) is 0.751. The number of hydrogen-bond donors (Lipinski definition) is 0. The predicted molar refractivity (Wildman–Crippen MR) is 122 cm³/mol. The van der Waals surface area contributed by atoms with Crippen LogP contribution in [0.15, 0.2) is 30.3 Å². The summed E-state index contributed by atoms with van der Waals surface area (Å²) >= 11 is 1.35. The van der Waals surface area contributed by atoms with Crippen LogP contribution in [0.2, 0.25) is 0 Å². The third kappa shape index (κ3) is 3.99. The van der Waals surface area contributed by atoms with Crippen LogP contribution in [0.1, 0.15) is 15.5 Å². The molecule has 1 amide bonds. The van der Waals surface area contributed by atoms with Gasteiger partial charge in [0.15, 0.2) is 0 Å². The zero-order valence-electron chi connectivity index (χ0n) is 18.6. The number of thiazole rings is 1. The average Bonchev–Trinajstić information content (AvgIpc) is 3.51. The maximum atomic E-state index is 14.4. The van der Waals surface area contributed by atoms with E-state index in [0.717, 1.165) is 18.1 Å². The van der Waals surface area contributed by atoms with Crippen LogP contribution in [0.25, 0.3) is 10.4 Å². The van der Waals surface area contributed by atoms with Crippen molar-refractivity contribution < 1.29 is 18.7 Å². The number of fused-ring (bicyclic) bond motifs is 1. The van der Waals surface area contributed by atoms with E-state index in [-0.39, 0.29) is 11.7 Å². The number of carbonyl (C=O) groups excluding carboxylic acids is 1. The molecule has 0 saturated carbocycles. The number of rotatable bonds is 5. The first kappa shape index (κ1) is 21.6. The number of aryl methyl sites for hydroxylation is 1. The lowest BCUT2D eigenvalue weighted by Crippen LogP contribution is -2.34. The molecule has 1 aromatic carbocycles. The number of halogens is 1. The van der Waals surface area contributed by atoms with E-state index in [0.29, 0.717) is 58.8 Å². The molecule has 2 atom stereocenters. The fourth-order valence-electron chi connectivity index (χ4n) is 4.61. The molecule has 2 aliphatic heterocycles. The van der Waals surface area contributed by atoms with Crippen molar-refractivity contribution >= 4 is 23.2 Å². The number of benzene rings is 1. The molecule has 0 aliphatic carbocycles. The van der Waals surface area contributed by atoms with Crippen molar-refractivity contribution in [1.29, 1.82) is 0 Å². The molecule has 0 radical (unpaired) electrons. The van der Waals surface area contributed by atoms with Crippen molar-refractivity contribution in [2.24, 2.45) is 11.8 Å². The van der Waals surface area contributed by atoms with Crippen molar-refractivity contribution in [1.82, 2.24) is 19.9 Å². The lowest BCUT2D eigenvalue weighted by Gasteiger charge is -2.22. The number of anilines is 1. The summed E-state index contributed by atoms with van der Waals surface area (Å²) < 4.78 is 25.0. The molecule has 10 heteroatoms. The van der Waals surface area contributed by atoms with Crippen LogP contribution < -0.4 is 14.4 Å². The van der Waals surface area contributed by atoms with E-state index in [9.17, 15) is 9.18 Å². The lowest BCUT2D eigenvalue weighted by atomic mass is 10.0. The molecule has 4 heterocycles. The second-order valence-electron chi connectivity index (χ2n) is 8.28. The fourth-order valence-corrected chi connectivity index (χ4v) is 5.55. The number of hydrogen-bond acceptors (Lipinski definition) is 8. The number of methoxy groups -OCH3 is 2. The average molecular weight is 470 g/mol. The molecule has 33 heavy (non-hydrogen) atoms. The van der Waals surface area contributed by atoms with Crippen molar-refractivity contribution in [3.05, 3.63) is 46.9 Å². The predicted octanol–water partition coefficient (Wildman–Crippen LogP) is 3.27. The third-order valence-electron chi connectivity index (χ3n) is 6.20. The van der Waals surface area contributed by atoms with Gasteiger partial charge in [0.05, 0.1) is 30.2 Å². The monoisotopic (exact) mass is 469 g/mol. The van der Waals surface area contributed by atoms with Gasteiger partial charge < -0.3 is 19.3 Å². The van der Waals surface area contributed by atoms with Gasteiger partial charge in [0, 0.05) is 43.6 Å². The molecule has 2 aliphatic rings. The molecule has 0 unspecified atom stereocenters.